The minimum absolute atomic E-state index is 0.0657. The van der Waals surface area contributed by atoms with Crippen LogP contribution in [0.4, 0.5) is 0 Å². The molecule has 32 heavy (non-hydrogen) atoms. The molecular weight excluding hydrogens is 420 g/mol. The van der Waals surface area contributed by atoms with Crippen LogP contribution in [0.5, 0.6) is 5.75 Å². The first-order chi connectivity index (χ1) is 15.6. The van der Waals surface area contributed by atoms with Gasteiger partial charge in [0.15, 0.2) is 0 Å². The molecule has 0 spiro atoms. The molecule has 5 heteroatoms. The predicted octanol–water partition coefficient (Wildman–Crippen LogP) is 5.70. The molecule has 0 aliphatic carbocycles. The number of hydrogen-bond donors (Lipinski definition) is 1. The molecule has 0 bridgehead atoms. The smallest absolute Gasteiger partial charge is 0.251 e. The van der Waals surface area contributed by atoms with Gasteiger partial charge in [0.05, 0.1) is 0 Å². The maximum Gasteiger partial charge on any atom is 0.251 e. The lowest BCUT2D eigenvalue weighted by Gasteiger charge is -2.18. The Bertz CT molecular complexity index is 966. The number of nitrogens with one attached hydrogen (secondary N) is 1. The third-order valence-corrected chi connectivity index (χ3v) is 5.77. The summed E-state index contributed by atoms with van der Waals surface area (Å²) in [5.41, 5.74) is 3.94. The van der Waals surface area contributed by atoms with Gasteiger partial charge in [-0.25, -0.2) is 0 Å². The van der Waals surface area contributed by atoms with Crippen molar-refractivity contribution in [1.82, 2.24) is 10.2 Å². The van der Waals surface area contributed by atoms with Gasteiger partial charge in [0.2, 0.25) is 0 Å². The van der Waals surface area contributed by atoms with Crippen LogP contribution < -0.4 is 10.1 Å². The maximum absolute atomic E-state index is 12.5. The second-order valence-electron chi connectivity index (χ2n) is 7.61. The molecule has 1 N–H and O–H groups in total. The van der Waals surface area contributed by atoms with Gasteiger partial charge in [0.1, 0.15) is 12.4 Å². The van der Waals surface area contributed by atoms with Crippen molar-refractivity contribution in [1.29, 1.82) is 0 Å². The van der Waals surface area contributed by atoms with Crippen molar-refractivity contribution in [3.05, 3.63) is 88.9 Å². The van der Waals surface area contributed by atoms with E-state index in [2.05, 4.69) is 36.2 Å². The van der Waals surface area contributed by atoms with E-state index in [9.17, 15) is 4.79 Å². The summed E-state index contributed by atoms with van der Waals surface area (Å²) in [5, 5.41) is 3.71. The second-order valence-corrected chi connectivity index (χ2v) is 8.05. The van der Waals surface area contributed by atoms with Gasteiger partial charge in [0, 0.05) is 23.7 Å². The summed E-state index contributed by atoms with van der Waals surface area (Å²) in [6.07, 6.45) is 0.772. The highest BCUT2D eigenvalue weighted by Crippen LogP contribution is 2.22. The van der Waals surface area contributed by atoms with E-state index in [-0.39, 0.29) is 5.91 Å². The number of rotatable bonds is 11. The predicted molar refractivity (Wildman–Crippen MR) is 133 cm³/mol. The molecule has 0 radical (unpaired) electrons. The van der Waals surface area contributed by atoms with Crippen molar-refractivity contribution in [2.45, 2.75) is 20.3 Å². The van der Waals surface area contributed by atoms with Gasteiger partial charge in [-0.2, -0.15) is 0 Å². The third-order valence-electron chi connectivity index (χ3n) is 5.52. The van der Waals surface area contributed by atoms with E-state index in [1.807, 2.05) is 60.7 Å². The molecule has 4 nitrogen and oxygen atoms in total. The zero-order valence-electron chi connectivity index (χ0n) is 18.8. The van der Waals surface area contributed by atoms with Gasteiger partial charge >= 0.3 is 0 Å². The van der Waals surface area contributed by atoms with E-state index >= 15 is 0 Å². The molecule has 3 aromatic carbocycles. The number of amides is 1. The van der Waals surface area contributed by atoms with Crippen LogP contribution in [0.25, 0.3) is 11.1 Å². The van der Waals surface area contributed by atoms with Crippen molar-refractivity contribution in [3.8, 4) is 16.9 Å². The molecule has 0 fully saturated rings. The van der Waals surface area contributed by atoms with E-state index in [0.29, 0.717) is 23.7 Å². The molecular formula is C27H31ClN2O2. The fraction of sp³-hybridized carbons (Fsp3) is 0.296. The summed E-state index contributed by atoms with van der Waals surface area (Å²) in [6, 6.07) is 23.4. The van der Waals surface area contributed by atoms with Crippen molar-refractivity contribution >= 4 is 17.5 Å². The summed E-state index contributed by atoms with van der Waals surface area (Å²) >= 11 is 5.95. The van der Waals surface area contributed by atoms with Gasteiger partial charge in [-0.05, 0) is 72.6 Å². The fourth-order valence-corrected chi connectivity index (χ4v) is 3.59. The molecule has 0 atom stereocenters. The monoisotopic (exact) mass is 450 g/mol. The minimum Gasteiger partial charge on any atom is -0.492 e. The highest BCUT2D eigenvalue weighted by Gasteiger charge is 2.06. The molecule has 0 aliphatic heterocycles. The Morgan fingerprint density at radius 3 is 2.06 bits per heavy atom. The molecule has 0 saturated heterocycles. The zero-order valence-corrected chi connectivity index (χ0v) is 19.6. The lowest BCUT2D eigenvalue weighted by molar-refractivity contribution is 0.0954. The van der Waals surface area contributed by atoms with Crippen molar-refractivity contribution in [2.24, 2.45) is 0 Å². The van der Waals surface area contributed by atoms with Crippen LogP contribution in [0.3, 0.4) is 0 Å². The average molecular weight is 451 g/mol. The molecule has 0 saturated carbocycles. The Morgan fingerprint density at radius 2 is 1.47 bits per heavy atom. The van der Waals surface area contributed by atoms with E-state index in [1.165, 1.54) is 5.56 Å². The Morgan fingerprint density at radius 1 is 0.875 bits per heavy atom. The average Bonchev–Trinajstić information content (AvgIpc) is 2.83. The van der Waals surface area contributed by atoms with Crippen LogP contribution in [0.15, 0.2) is 72.8 Å². The van der Waals surface area contributed by atoms with Crippen LogP contribution in [0.2, 0.25) is 5.02 Å². The molecule has 1 amide bonds. The first kappa shape index (κ1) is 23.8. The fourth-order valence-electron chi connectivity index (χ4n) is 3.46. The zero-order chi connectivity index (χ0) is 22.8. The SMILES string of the molecule is CCN(CC)CCOc1ccc(CCNC(=O)c2ccc(-c3ccc(Cl)cc3)cc2)cc1. The Balaban J connectivity index is 1.43. The van der Waals surface area contributed by atoms with Crippen LogP contribution >= 0.6 is 11.6 Å². The van der Waals surface area contributed by atoms with Crippen LogP contribution in [0, 0.1) is 0 Å². The largest absolute Gasteiger partial charge is 0.492 e. The van der Waals surface area contributed by atoms with Gasteiger partial charge in [0.25, 0.3) is 5.91 Å². The third kappa shape index (κ3) is 7.11. The minimum atomic E-state index is -0.0657. The highest BCUT2D eigenvalue weighted by molar-refractivity contribution is 6.30. The van der Waals surface area contributed by atoms with E-state index < -0.39 is 0 Å². The summed E-state index contributed by atoms with van der Waals surface area (Å²) in [4.78, 5) is 14.8. The standard InChI is InChI=1S/C27H31ClN2O2/c1-3-30(4-2)19-20-32-26-15-5-21(6-16-26)17-18-29-27(31)24-9-7-22(8-10-24)23-11-13-25(28)14-12-23/h5-16H,3-4,17-20H2,1-2H3,(H,29,31). The first-order valence-electron chi connectivity index (χ1n) is 11.2. The van der Waals surface area contributed by atoms with Gasteiger partial charge in [-0.3, -0.25) is 4.79 Å². The molecule has 0 heterocycles. The molecule has 168 valence electrons. The lowest BCUT2D eigenvalue weighted by Crippen LogP contribution is -2.27. The molecule has 3 rings (SSSR count). The summed E-state index contributed by atoms with van der Waals surface area (Å²) in [6.45, 7) is 8.60. The summed E-state index contributed by atoms with van der Waals surface area (Å²) in [7, 11) is 0. The second kappa shape index (κ2) is 12.3. The van der Waals surface area contributed by atoms with Gasteiger partial charge < -0.3 is 15.0 Å². The molecule has 3 aromatic rings. The number of carbonyl (C=O) groups is 1. The topological polar surface area (TPSA) is 41.6 Å². The van der Waals surface area contributed by atoms with Crippen LogP contribution in [-0.4, -0.2) is 43.6 Å². The highest BCUT2D eigenvalue weighted by atomic mass is 35.5. The van der Waals surface area contributed by atoms with Crippen molar-refractivity contribution < 1.29 is 9.53 Å². The quantitative estimate of drug-likeness (QED) is 0.407. The number of likely N-dealkylation sites (N-methyl/N-ethyl adjacent to an activating group) is 1. The van der Waals surface area contributed by atoms with Crippen molar-refractivity contribution in [3.63, 3.8) is 0 Å². The summed E-state index contributed by atoms with van der Waals surface area (Å²) in [5.74, 6) is 0.815. The van der Waals surface area contributed by atoms with Crippen LogP contribution in [-0.2, 0) is 6.42 Å². The van der Waals surface area contributed by atoms with Crippen molar-refractivity contribution in [2.75, 3.05) is 32.8 Å². The lowest BCUT2D eigenvalue weighted by atomic mass is 10.0. The molecule has 0 unspecified atom stereocenters. The number of hydrogen-bond acceptors (Lipinski definition) is 3. The van der Waals surface area contributed by atoms with E-state index in [4.69, 9.17) is 16.3 Å². The number of halogens is 1. The normalized spacial score (nSPS) is 10.9. The first-order valence-corrected chi connectivity index (χ1v) is 11.5. The Labute approximate surface area is 196 Å². The Kier molecular flexibility index (Phi) is 9.14. The van der Waals surface area contributed by atoms with Crippen LogP contribution in [0.1, 0.15) is 29.8 Å². The molecule has 0 aliphatic rings. The van der Waals surface area contributed by atoms with E-state index in [1.54, 1.807) is 0 Å². The number of nitrogens with zero attached hydrogens (tertiary/aromatic N) is 1. The number of benzene rings is 3. The maximum atomic E-state index is 12.5. The van der Waals surface area contributed by atoms with Gasteiger partial charge in [-0.1, -0.05) is 61.8 Å². The van der Waals surface area contributed by atoms with Gasteiger partial charge in [-0.15, -0.1) is 0 Å². The van der Waals surface area contributed by atoms with E-state index in [0.717, 1.165) is 42.9 Å². The number of ether oxygens (including phenoxy) is 1. The number of carbonyl (C=O) groups excluding carboxylic acids is 1. The summed E-state index contributed by atoms with van der Waals surface area (Å²) < 4.78 is 5.83. The Hall–Kier alpha value is -2.82. The molecule has 0 aromatic heterocycles.